The molecule has 2 aromatic rings. The van der Waals surface area contributed by atoms with Crippen molar-refractivity contribution in [1.29, 1.82) is 0 Å². The summed E-state index contributed by atoms with van der Waals surface area (Å²) in [5, 5.41) is 3.11. The van der Waals surface area contributed by atoms with E-state index in [1.165, 1.54) is 25.3 Å². The highest BCUT2D eigenvalue weighted by atomic mass is 16.5. The molecular weight excluding hydrogens is 404 g/mol. The van der Waals surface area contributed by atoms with Gasteiger partial charge in [-0.15, -0.1) is 0 Å². The van der Waals surface area contributed by atoms with Crippen molar-refractivity contribution in [2.45, 2.75) is 51.6 Å². The predicted octanol–water partition coefficient (Wildman–Crippen LogP) is 4.23. The van der Waals surface area contributed by atoms with Gasteiger partial charge in [-0.25, -0.2) is 0 Å². The highest BCUT2D eigenvalue weighted by molar-refractivity contribution is 5.94. The third kappa shape index (κ3) is 7.09. The molecule has 2 aromatic carbocycles. The van der Waals surface area contributed by atoms with Crippen molar-refractivity contribution in [2.24, 2.45) is 0 Å². The Labute approximate surface area is 190 Å². The Morgan fingerprint density at radius 2 is 1.91 bits per heavy atom. The molecule has 0 aromatic heterocycles. The average molecular weight is 439 g/mol. The van der Waals surface area contributed by atoms with Crippen LogP contribution in [0.1, 0.15) is 54.9 Å². The molecular formula is C26H34N2O4. The number of amides is 1. The van der Waals surface area contributed by atoms with Crippen LogP contribution in [0.5, 0.6) is 11.5 Å². The van der Waals surface area contributed by atoms with Gasteiger partial charge in [-0.1, -0.05) is 36.8 Å². The molecule has 1 amide bonds. The van der Waals surface area contributed by atoms with E-state index in [-0.39, 0.29) is 11.7 Å². The van der Waals surface area contributed by atoms with Gasteiger partial charge in [-0.3, -0.25) is 14.5 Å². The molecule has 1 atom stereocenters. The second-order valence-electron chi connectivity index (χ2n) is 8.28. The third-order valence-corrected chi connectivity index (χ3v) is 5.89. The number of benzene rings is 2. The van der Waals surface area contributed by atoms with E-state index in [9.17, 15) is 9.59 Å². The molecule has 0 aliphatic carbocycles. The number of ketones is 1. The van der Waals surface area contributed by atoms with Crippen LogP contribution in [-0.2, 0) is 11.3 Å². The molecule has 1 aliphatic rings. The lowest BCUT2D eigenvalue weighted by Gasteiger charge is -2.36. The summed E-state index contributed by atoms with van der Waals surface area (Å²) in [4.78, 5) is 26.3. The molecule has 6 nitrogen and oxygen atoms in total. The number of Topliss-reactive ketones (excluding diaryl/α,β-unsaturated/α-hetero) is 1. The molecule has 1 aliphatic heterocycles. The maximum absolute atomic E-state index is 12.4. The fourth-order valence-electron chi connectivity index (χ4n) is 4.06. The average Bonchev–Trinajstić information content (AvgIpc) is 2.82. The molecule has 3 rings (SSSR count). The lowest BCUT2D eigenvalue weighted by molar-refractivity contribution is -0.121. The normalized spacial score (nSPS) is 16.4. The number of carbonyl (C=O) groups excluding carboxylic acids is 2. The van der Waals surface area contributed by atoms with Crippen molar-refractivity contribution in [1.82, 2.24) is 10.2 Å². The number of piperidine rings is 1. The SMILES string of the molecule is COc1cc(C(C)=O)ccc1OCCCC(=O)NCC1CCCCN1Cc1ccccc1. The lowest BCUT2D eigenvalue weighted by atomic mass is 10.0. The Bertz CT molecular complexity index is 885. The molecule has 32 heavy (non-hydrogen) atoms. The Balaban J connectivity index is 1.39. The number of hydrogen-bond donors (Lipinski definition) is 1. The molecule has 6 heteroatoms. The van der Waals surface area contributed by atoms with Crippen LogP contribution >= 0.6 is 0 Å². The molecule has 1 unspecified atom stereocenters. The number of ether oxygens (including phenoxy) is 2. The molecule has 0 saturated carbocycles. The molecule has 1 fully saturated rings. The molecule has 1 N–H and O–H groups in total. The summed E-state index contributed by atoms with van der Waals surface area (Å²) in [5.41, 5.74) is 1.90. The predicted molar refractivity (Wildman–Crippen MR) is 125 cm³/mol. The first kappa shape index (κ1) is 23.8. The van der Waals surface area contributed by atoms with Crippen LogP contribution in [0.15, 0.2) is 48.5 Å². The van der Waals surface area contributed by atoms with Crippen molar-refractivity contribution in [2.75, 3.05) is 26.8 Å². The summed E-state index contributed by atoms with van der Waals surface area (Å²) >= 11 is 0. The van der Waals surface area contributed by atoms with Crippen molar-refractivity contribution >= 4 is 11.7 Å². The van der Waals surface area contributed by atoms with Crippen LogP contribution in [-0.4, -0.2) is 49.4 Å². The van der Waals surface area contributed by atoms with E-state index in [2.05, 4.69) is 34.5 Å². The molecule has 0 radical (unpaired) electrons. The Hall–Kier alpha value is -2.86. The van der Waals surface area contributed by atoms with Crippen LogP contribution in [0.2, 0.25) is 0 Å². The Morgan fingerprint density at radius 3 is 2.66 bits per heavy atom. The van der Waals surface area contributed by atoms with Crippen LogP contribution < -0.4 is 14.8 Å². The van der Waals surface area contributed by atoms with E-state index >= 15 is 0 Å². The zero-order valence-electron chi connectivity index (χ0n) is 19.1. The number of rotatable bonds is 11. The highest BCUT2D eigenvalue weighted by Gasteiger charge is 2.22. The van der Waals surface area contributed by atoms with Crippen LogP contribution in [0.25, 0.3) is 0 Å². The van der Waals surface area contributed by atoms with Gasteiger partial charge in [0.25, 0.3) is 0 Å². The largest absolute Gasteiger partial charge is 0.493 e. The highest BCUT2D eigenvalue weighted by Crippen LogP contribution is 2.28. The van der Waals surface area contributed by atoms with Crippen LogP contribution in [0, 0.1) is 0 Å². The maximum Gasteiger partial charge on any atom is 0.220 e. The number of methoxy groups -OCH3 is 1. The minimum Gasteiger partial charge on any atom is -0.493 e. The lowest BCUT2D eigenvalue weighted by Crippen LogP contribution is -2.46. The molecule has 0 spiro atoms. The van der Waals surface area contributed by atoms with Gasteiger partial charge in [0, 0.05) is 31.1 Å². The number of hydrogen-bond acceptors (Lipinski definition) is 5. The van der Waals surface area contributed by atoms with Gasteiger partial charge in [0.15, 0.2) is 17.3 Å². The fraction of sp³-hybridized carbons (Fsp3) is 0.462. The van der Waals surface area contributed by atoms with E-state index < -0.39 is 0 Å². The number of nitrogens with one attached hydrogen (secondary N) is 1. The molecule has 1 heterocycles. The van der Waals surface area contributed by atoms with Gasteiger partial charge in [0.05, 0.1) is 13.7 Å². The molecule has 172 valence electrons. The van der Waals surface area contributed by atoms with E-state index in [1.807, 2.05) is 6.07 Å². The number of carbonyl (C=O) groups is 2. The second-order valence-corrected chi connectivity index (χ2v) is 8.28. The summed E-state index contributed by atoms with van der Waals surface area (Å²) in [6.07, 6.45) is 4.57. The van der Waals surface area contributed by atoms with E-state index in [1.54, 1.807) is 25.3 Å². The molecule has 1 saturated heterocycles. The van der Waals surface area contributed by atoms with Crippen molar-refractivity contribution in [3.05, 3.63) is 59.7 Å². The summed E-state index contributed by atoms with van der Waals surface area (Å²) < 4.78 is 11.1. The first-order valence-corrected chi connectivity index (χ1v) is 11.4. The van der Waals surface area contributed by atoms with Gasteiger partial charge in [0.2, 0.25) is 5.91 Å². The van der Waals surface area contributed by atoms with Gasteiger partial charge < -0.3 is 14.8 Å². The van der Waals surface area contributed by atoms with Crippen molar-refractivity contribution < 1.29 is 19.1 Å². The maximum atomic E-state index is 12.4. The van der Waals surface area contributed by atoms with Crippen LogP contribution in [0.3, 0.4) is 0 Å². The van der Waals surface area contributed by atoms with Gasteiger partial charge in [-0.05, 0) is 56.5 Å². The van der Waals surface area contributed by atoms with Crippen molar-refractivity contribution in [3.8, 4) is 11.5 Å². The summed E-state index contributed by atoms with van der Waals surface area (Å²) in [7, 11) is 1.55. The smallest absolute Gasteiger partial charge is 0.220 e. The third-order valence-electron chi connectivity index (χ3n) is 5.89. The zero-order chi connectivity index (χ0) is 22.8. The number of likely N-dealkylation sites (tertiary alicyclic amines) is 1. The zero-order valence-corrected chi connectivity index (χ0v) is 19.1. The van der Waals surface area contributed by atoms with Gasteiger partial charge in [0.1, 0.15) is 0 Å². The first-order chi connectivity index (χ1) is 15.6. The Morgan fingerprint density at radius 1 is 1.09 bits per heavy atom. The minimum atomic E-state index is -0.0215. The van der Waals surface area contributed by atoms with Gasteiger partial charge >= 0.3 is 0 Å². The summed E-state index contributed by atoms with van der Waals surface area (Å²) in [5.74, 6) is 1.14. The van der Waals surface area contributed by atoms with E-state index in [0.29, 0.717) is 49.1 Å². The topological polar surface area (TPSA) is 67.9 Å². The van der Waals surface area contributed by atoms with E-state index in [4.69, 9.17) is 9.47 Å². The molecule has 0 bridgehead atoms. The summed E-state index contributed by atoms with van der Waals surface area (Å²) in [6.45, 7) is 4.62. The monoisotopic (exact) mass is 438 g/mol. The van der Waals surface area contributed by atoms with E-state index in [0.717, 1.165) is 19.5 Å². The fourth-order valence-corrected chi connectivity index (χ4v) is 4.06. The van der Waals surface area contributed by atoms with Crippen LogP contribution in [0.4, 0.5) is 0 Å². The quantitative estimate of drug-likeness (QED) is 0.420. The summed E-state index contributed by atoms with van der Waals surface area (Å²) in [6, 6.07) is 16.0. The van der Waals surface area contributed by atoms with Gasteiger partial charge in [-0.2, -0.15) is 0 Å². The standard InChI is InChI=1S/C26H34N2O4/c1-20(29)22-13-14-24(25(17-22)31-2)32-16-8-12-26(30)27-18-23-11-6-7-15-28(23)19-21-9-4-3-5-10-21/h3-5,9-10,13-14,17,23H,6-8,11-12,15-16,18-19H2,1-2H3,(H,27,30). The number of nitrogens with zero attached hydrogens (tertiary/aromatic N) is 1. The van der Waals surface area contributed by atoms with Crippen molar-refractivity contribution in [3.63, 3.8) is 0 Å². The Kier molecular flexibility index (Phi) is 9.11. The second kappa shape index (κ2) is 12.2. The minimum absolute atomic E-state index is 0.0215. The first-order valence-electron chi connectivity index (χ1n) is 11.4.